The molecule has 0 radical (unpaired) electrons. The van der Waals surface area contributed by atoms with Crippen LogP contribution in [-0.4, -0.2) is 83.0 Å². The average molecular weight is 661 g/mol. The minimum atomic E-state index is -1.22. The second kappa shape index (κ2) is 20.5. The van der Waals surface area contributed by atoms with Gasteiger partial charge < -0.3 is 34.6 Å². The van der Waals surface area contributed by atoms with Gasteiger partial charge in [-0.15, -0.1) is 0 Å². The van der Waals surface area contributed by atoms with Gasteiger partial charge in [0.2, 0.25) is 5.76 Å². The van der Waals surface area contributed by atoms with Crippen LogP contribution in [-0.2, 0) is 23.8 Å². The predicted octanol–water partition coefficient (Wildman–Crippen LogP) is 5.26. The molecule has 9 heteroatoms. The summed E-state index contributed by atoms with van der Waals surface area (Å²) < 4.78 is 17.1. The van der Waals surface area contributed by atoms with Gasteiger partial charge in [-0.25, -0.2) is 4.79 Å². The normalized spacial score (nSPS) is 34.7. The lowest BCUT2D eigenvalue weighted by molar-refractivity contribution is -0.162. The molecule has 0 saturated heterocycles. The predicted molar refractivity (Wildman–Crippen MR) is 185 cm³/mol. The monoisotopic (exact) mass is 660 g/mol. The third kappa shape index (κ3) is 13.0. The van der Waals surface area contributed by atoms with Gasteiger partial charge in [-0.2, -0.15) is 0 Å². The molecule has 0 aromatic rings. The Bertz CT molecular complexity index is 1180. The maximum Gasteiger partial charge on any atom is 0.373 e. The fourth-order valence-corrected chi connectivity index (χ4v) is 5.87. The van der Waals surface area contributed by atoms with Crippen molar-refractivity contribution in [1.82, 2.24) is 0 Å². The maximum absolute atomic E-state index is 13.5. The summed E-state index contributed by atoms with van der Waals surface area (Å²) in [5.74, 6) is -3.99. The Morgan fingerprint density at radius 3 is 2.26 bits per heavy atom. The zero-order valence-corrected chi connectivity index (χ0v) is 30.2. The molecule has 1 aliphatic heterocycles. The summed E-state index contributed by atoms with van der Waals surface area (Å²) in [5, 5.41) is 43.6. The SMILES string of the molecule is C/C=C/C(O)C(C)/C=C/C(=O)[C@@H](C)[C@H](O)[C@H](C)[C@H]1OC(=O)/C(OC)=C\C(C)=C\[C@@H](C)[C@@H](O)[C@@H](C)[C@@H](O)[C@H](C)C/C(C)=C/C=C/[C@@H]1OC. The van der Waals surface area contributed by atoms with E-state index in [1.165, 1.54) is 26.4 Å². The van der Waals surface area contributed by atoms with Crippen molar-refractivity contribution in [2.45, 2.75) is 105 Å². The number of aliphatic hydroxyl groups is 4. The lowest BCUT2D eigenvalue weighted by Crippen LogP contribution is -2.45. The number of rotatable bonds is 10. The minimum Gasteiger partial charge on any atom is -0.490 e. The second-order valence-electron chi connectivity index (χ2n) is 13.2. The van der Waals surface area contributed by atoms with Crippen molar-refractivity contribution in [3.63, 3.8) is 0 Å². The molecule has 12 atom stereocenters. The Morgan fingerprint density at radius 1 is 1.04 bits per heavy atom. The van der Waals surface area contributed by atoms with Crippen molar-refractivity contribution in [3.05, 3.63) is 71.6 Å². The number of carbonyl (C=O) groups excluding carboxylic acids is 2. The van der Waals surface area contributed by atoms with E-state index in [0.29, 0.717) is 12.0 Å². The van der Waals surface area contributed by atoms with Crippen LogP contribution in [0.2, 0.25) is 0 Å². The second-order valence-corrected chi connectivity index (χ2v) is 13.2. The molecule has 1 heterocycles. The van der Waals surface area contributed by atoms with Gasteiger partial charge in [0.15, 0.2) is 5.78 Å². The molecule has 0 saturated carbocycles. The Labute approximate surface area is 282 Å². The summed E-state index contributed by atoms with van der Waals surface area (Å²) in [6, 6.07) is 0. The van der Waals surface area contributed by atoms with Crippen LogP contribution in [0, 0.1) is 35.5 Å². The lowest BCUT2D eigenvalue weighted by Gasteiger charge is -2.33. The van der Waals surface area contributed by atoms with Crippen molar-refractivity contribution in [1.29, 1.82) is 0 Å². The van der Waals surface area contributed by atoms with Crippen LogP contribution in [0.25, 0.3) is 0 Å². The summed E-state index contributed by atoms with van der Waals surface area (Å²) in [6.45, 7) is 16.2. The highest BCUT2D eigenvalue weighted by atomic mass is 16.6. The van der Waals surface area contributed by atoms with Gasteiger partial charge in [0, 0.05) is 36.7 Å². The number of hydrogen-bond donors (Lipinski definition) is 4. The zero-order chi connectivity index (χ0) is 36.0. The van der Waals surface area contributed by atoms with Gasteiger partial charge in [0.25, 0.3) is 0 Å². The summed E-state index contributed by atoms with van der Waals surface area (Å²) in [4.78, 5) is 26.6. The number of ketones is 1. The Kier molecular flexibility index (Phi) is 18.4. The van der Waals surface area contributed by atoms with Crippen LogP contribution in [0.4, 0.5) is 0 Å². The van der Waals surface area contributed by atoms with Crippen LogP contribution < -0.4 is 0 Å². The number of hydrogen-bond acceptors (Lipinski definition) is 9. The quantitative estimate of drug-likeness (QED) is 0.140. The van der Waals surface area contributed by atoms with Gasteiger partial charge >= 0.3 is 5.97 Å². The molecule has 0 spiro atoms. The van der Waals surface area contributed by atoms with Crippen molar-refractivity contribution < 1.29 is 44.2 Å². The number of allylic oxidation sites excluding steroid dienone is 7. The number of methoxy groups -OCH3 is 2. The minimum absolute atomic E-state index is 0.0924. The van der Waals surface area contributed by atoms with Crippen LogP contribution >= 0.6 is 0 Å². The van der Waals surface area contributed by atoms with E-state index in [2.05, 4.69) is 0 Å². The van der Waals surface area contributed by atoms with Gasteiger partial charge in [0.05, 0.1) is 31.5 Å². The van der Waals surface area contributed by atoms with Crippen molar-refractivity contribution in [3.8, 4) is 0 Å². The van der Waals surface area contributed by atoms with Crippen molar-refractivity contribution in [2.24, 2.45) is 35.5 Å². The molecule has 0 aromatic carbocycles. The number of ether oxygens (including phenoxy) is 3. The fourth-order valence-electron chi connectivity index (χ4n) is 5.87. The first-order chi connectivity index (χ1) is 22.0. The first-order valence-corrected chi connectivity index (χ1v) is 16.6. The summed E-state index contributed by atoms with van der Waals surface area (Å²) in [6.07, 6.45) is 10.3. The molecule has 4 N–H and O–H groups in total. The molecule has 0 aromatic heterocycles. The highest BCUT2D eigenvalue weighted by Crippen LogP contribution is 2.28. The Morgan fingerprint density at radius 2 is 1.68 bits per heavy atom. The van der Waals surface area contributed by atoms with Crippen LogP contribution in [0.15, 0.2) is 71.6 Å². The van der Waals surface area contributed by atoms with Crippen molar-refractivity contribution >= 4 is 11.8 Å². The molecule has 1 rings (SSSR count). The van der Waals surface area contributed by atoms with Crippen LogP contribution in [0.3, 0.4) is 0 Å². The number of aliphatic hydroxyl groups excluding tert-OH is 4. The number of cyclic esters (lactones) is 1. The molecule has 47 heavy (non-hydrogen) atoms. The highest BCUT2D eigenvalue weighted by molar-refractivity contribution is 5.92. The van der Waals surface area contributed by atoms with E-state index in [0.717, 1.165) is 5.57 Å². The van der Waals surface area contributed by atoms with E-state index in [-0.39, 0.29) is 29.3 Å². The Balaban J connectivity index is 3.56. The standard InChI is InChI=1S/C38H60O9/c1-12-14-30(39)24(4)17-18-31(40)27(7)36(43)29(9)37-32(45-10)16-13-15-22(2)19-25(5)34(41)28(8)35(42)26(6)20-23(3)21-33(46-11)38(44)47-37/h12-18,20-21,24-30,32,34-37,39,41-43H,19H2,1-11H3/b14-12+,16-13+,18-17+,22-15+,23-20+,33-21+/t24?,25-,26-,27-,28+,29+,30?,32+,34+,35-,36+,37-/m1/s1. The van der Waals surface area contributed by atoms with E-state index in [9.17, 15) is 30.0 Å². The first-order valence-electron chi connectivity index (χ1n) is 16.6. The summed E-state index contributed by atoms with van der Waals surface area (Å²) in [5.41, 5.74) is 1.63. The van der Waals surface area contributed by atoms with E-state index in [1.807, 2.05) is 39.8 Å². The van der Waals surface area contributed by atoms with Crippen LogP contribution in [0.5, 0.6) is 0 Å². The first kappa shape index (κ1) is 42.2. The molecule has 0 amide bonds. The lowest BCUT2D eigenvalue weighted by atomic mass is 9.81. The van der Waals surface area contributed by atoms with Gasteiger partial charge in [-0.05, 0) is 45.3 Å². The van der Waals surface area contributed by atoms with Gasteiger partial charge in [-0.1, -0.05) is 95.2 Å². The highest BCUT2D eigenvalue weighted by Gasteiger charge is 2.38. The third-order valence-electron chi connectivity index (χ3n) is 9.18. The smallest absolute Gasteiger partial charge is 0.373 e. The zero-order valence-electron chi connectivity index (χ0n) is 30.2. The van der Waals surface area contributed by atoms with E-state index >= 15 is 0 Å². The average Bonchev–Trinajstić information content (AvgIpc) is 3.04. The molecular formula is C38H60O9. The molecule has 9 nitrogen and oxygen atoms in total. The molecule has 266 valence electrons. The van der Waals surface area contributed by atoms with E-state index in [4.69, 9.17) is 14.2 Å². The molecule has 0 bridgehead atoms. The third-order valence-corrected chi connectivity index (χ3v) is 9.18. The molecule has 2 unspecified atom stereocenters. The molecule has 0 aliphatic carbocycles. The van der Waals surface area contributed by atoms with E-state index < -0.39 is 60.3 Å². The Hall–Kier alpha value is -2.82. The largest absolute Gasteiger partial charge is 0.490 e. The van der Waals surface area contributed by atoms with E-state index in [1.54, 1.807) is 65.0 Å². The van der Waals surface area contributed by atoms with Crippen molar-refractivity contribution in [2.75, 3.05) is 14.2 Å². The van der Waals surface area contributed by atoms with Gasteiger partial charge in [0.1, 0.15) is 12.2 Å². The molecule has 1 aliphatic rings. The molecule has 0 fully saturated rings. The maximum atomic E-state index is 13.5. The molecular weight excluding hydrogens is 600 g/mol. The topological polar surface area (TPSA) is 143 Å². The summed E-state index contributed by atoms with van der Waals surface area (Å²) in [7, 11) is 2.82. The fraction of sp³-hybridized carbons (Fsp3) is 0.632. The number of esters is 1. The van der Waals surface area contributed by atoms with Gasteiger partial charge in [-0.3, -0.25) is 4.79 Å². The summed E-state index contributed by atoms with van der Waals surface area (Å²) >= 11 is 0. The van der Waals surface area contributed by atoms with Crippen LogP contribution in [0.1, 0.15) is 68.7 Å². The number of carbonyl (C=O) groups is 2.